The van der Waals surface area contributed by atoms with E-state index in [1.165, 1.54) is 20.8 Å². The molecule has 1 atom stereocenters. The first-order valence-corrected chi connectivity index (χ1v) is 3.60. The van der Waals surface area contributed by atoms with E-state index >= 15 is 0 Å². The molecule has 0 bridgehead atoms. The Labute approximate surface area is 74.1 Å². The molecule has 0 aliphatic carbocycles. The van der Waals surface area contributed by atoms with Crippen LogP contribution in [0, 0.1) is 5.41 Å². The van der Waals surface area contributed by atoms with Gasteiger partial charge in [0.25, 0.3) is 0 Å². The summed E-state index contributed by atoms with van der Waals surface area (Å²) < 4.78 is 38.0. The molecule has 2 nitrogen and oxygen atoms in total. The monoisotopic (exact) mass is 196 g/mol. The van der Waals surface area contributed by atoms with E-state index in [9.17, 15) is 18.0 Å². The molecule has 0 heterocycles. The zero-order chi connectivity index (χ0) is 10.8. The second-order valence-corrected chi connectivity index (χ2v) is 3.70. The van der Waals surface area contributed by atoms with E-state index in [1.54, 1.807) is 0 Å². The maximum Gasteiger partial charge on any atom is 0.367 e. The topological polar surface area (TPSA) is 37.3 Å². The summed E-state index contributed by atoms with van der Waals surface area (Å²) >= 11 is 0. The van der Waals surface area contributed by atoms with Gasteiger partial charge in [0.05, 0.1) is 0 Å². The van der Waals surface area contributed by atoms with Gasteiger partial charge in [-0.25, -0.2) is 13.6 Å². The Morgan fingerprint density at radius 1 is 1.31 bits per heavy atom. The van der Waals surface area contributed by atoms with E-state index in [4.69, 9.17) is 5.11 Å². The normalized spacial score (nSPS) is 16.5. The Balaban J connectivity index is 4.89. The SMILES string of the molecule is CC(C)(C)C(F)/C(F)=C(\F)C(=O)O. The van der Waals surface area contributed by atoms with Gasteiger partial charge in [-0.2, -0.15) is 4.39 Å². The molecule has 0 radical (unpaired) electrons. The van der Waals surface area contributed by atoms with Gasteiger partial charge in [0, 0.05) is 0 Å². The summed E-state index contributed by atoms with van der Waals surface area (Å²) in [4.78, 5) is 9.93. The zero-order valence-electron chi connectivity index (χ0n) is 7.57. The molecule has 1 N–H and O–H groups in total. The van der Waals surface area contributed by atoms with Gasteiger partial charge in [-0.05, 0) is 5.41 Å². The molecule has 0 aromatic rings. The number of allylic oxidation sites excluding steroid dienone is 1. The predicted molar refractivity (Wildman–Crippen MR) is 41.2 cm³/mol. The maximum absolute atomic E-state index is 13.0. The van der Waals surface area contributed by atoms with Crippen LogP contribution in [-0.2, 0) is 4.79 Å². The molecule has 0 aliphatic rings. The van der Waals surface area contributed by atoms with Crippen molar-refractivity contribution >= 4 is 5.97 Å². The summed E-state index contributed by atoms with van der Waals surface area (Å²) in [5.74, 6) is -6.02. The van der Waals surface area contributed by atoms with Crippen LogP contribution in [0.15, 0.2) is 11.7 Å². The van der Waals surface area contributed by atoms with Gasteiger partial charge in [0.2, 0.25) is 5.83 Å². The number of rotatable bonds is 2. The van der Waals surface area contributed by atoms with Crippen molar-refractivity contribution in [1.29, 1.82) is 0 Å². The van der Waals surface area contributed by atoms with Crippen LogP contribution in [0.5, 0.6) is 0 Å². The molecular formula is C8H11F3O2. The molecule has 0 amide bonds. The van der Waals surface area contributed by atoms with Crippen LogP contribution < -0.4 is 0 Å². The Morgan fingerprint density at radius 2 is 1.69 bits per heavy atom. The fraction of sp³-hybridized carbons (Fsp3) is 0.625. The van der Waals surface area contributed by atoms with Gasteiger partial charge < -0.3 is 5.11 Å². The van der Waals surface area contributed by atoms with Crippen molar-refractivity contribution in [2.24, 2.45) is 5.41 Å². The highest BCUT2D eigenvalue weighted by Crippen LogP contribution is 2.30. The van der Waals surface area contributed by atoms with Crippen molar-refractivity contribution < 1.29 is 23.1 Å². The van der Waals surface area contributed by atoms with Crippen molar-refractivity contribution in [3.05, 3.63) is 11.7 Å². The molecule has 0 saturated carbocycles. The lowest BCUT2D eigenvalue weighted by molar-refractivity contribution is -0.134. The number of carboxylic acid groups (broad SMARTS) is 1. The van der Waals surface area contributed by atoms with Crippen LogP contribution in [-0.4, -0.2) is 17.2 Å². The fourth-order valence-electron chi connectivity index (χ4n) is 0.594. The molecule has 0 aromatic carbocycles. The highest BCUT2D eigenvalue weighted by Gasteiger charge is 2.32. The highest BCUT2D eigenvalue weighted by molar-refractivity contribution is 5.84. The number of halogens is 3. The number of aliphatic carboxylic acids is 1. The van der Waals surface area contributed by atoms with Crippen LogP contribution in [0.1, 0.15) is 20.8 Å². The lowest BCUT2D eigenvalue weighted by atomic mass is 9.89. The Bertz CT molecular complexity index is 240. The van der Waals surface area contributed by atoms with Crippen molar-refractivity contribution in [2.45, 2.75) is 26.9 Å². The van der Waals surface area contributed by atoms with Crippen molar-refractivity contribution in [2.75, 3.05) is 0 Å². The number of alkyl halides is 1. The first-order chi connectivity index (χ1) is 5.68. The molecule has 5 heteroatoms. The van der Waals surface area contributed by atoms with E-state index in [-0.39, 0.29) is 0 Å². The number of carboxylic acids is 1. The fourth-order valence-corrected chi connectivity index (χ4v) is 0.594. The quantitative estimate of drug-likeness (QED) is 0.689. The smallest absolute Gasteiger partial charge is 0.367 e. The minimum atomic E-state index is -2.25. The molecule has 76 valence electrons. The number of carbonyl (C=O) groups is 1. The van der Waals surface area contributed by atoms with Crippen LogP contribution in [0.2, 0.25) is 0 Å². The van der Waals surface area contributed by atoms with E-state index in [0.717, 1.165) is 0 Å². The average Bonchev–Trinajstić information content (AvgIpc) is 1.98. The van der Waals surface area contributed by atoms with Crippen LogP contribution in [0.3, 0.4) is 0 Å². The van der Waals surface area contributed by atoms with Crippen molar-refractivity contribution in [3.63, 3.8) is 0 Å². The van der Waals surface area contributed by atoms with E-state index < -0.39 is 29.2 Å². The number of hydrogen-bond acceptors (Lipinski definition) is 1. The van der Waals surface area contributed by atoms with Crippen LogP contribution in [0.4, 0.5) is 13.2 Å². The summed E-state index contributed by atoms with van der Waals surface area (Å²) in [6, 6.07) is 0. The molecular weight excluding hydrogens is 185 g/mol. The first kappa shape index (κ1) is 12.0. The predicted octanol–water partition coefficient (Wildman–Crippen LogP) is 2.61. The second-order valence-electron chi connectivity index (χ2n) is 3.70. The Morgan fingerprint density at radius 3 is 1.92 bits per heavy atom. The lowest BCUT2D eigenvalue weighted by Crippen LogP contribution is -2.23. The first-order valence-electron chi connectivity index (χ1n) is 3.60. The number of hydrogen-bond donors (Lipinski definition) is 1. The van der Waals surface area contributed by atoms with Gasteiger partial charge in [0.1, 0.15) is 0 Å². The van der Waals surface area contributed by atoms with Crippen LogP contribution in [0.25, 0.3) is 0 Å². The lowest BCUT2D eigenvalue weighted by Gasteiger charge is -2.21. The van der Waals surface area contributed by atoms with Crippen molar-refractivity contribution in [1.82, 2.24) is 0 Å². The van der Waals surface area contributed by atoms with E-state index in [2.05, 4.69) is 0 Å². The molecule has 0 aromatic heterocycles. The molecule has 13 heavy (non-hydrogen) atoms. The second kappa shape index (κ2) is 3.81. The van der Waals surface area contributed by atoms with Gasteiger partial charge >= 0.3 is 5.97 Å². The van der Waals surface area contributed by atoms with Gasteiger partial charge in [-0.15, -0.1) is 0 Å². The molecule has 0 spiro atoms. The molecule has 1 unspecified atom stereocenters. The standard InChI is InChI=1S/C8H11F3O2/c1-8(2,3)6(11)4(9)5(10)7(12)13/h6H,1-3H3,(H,12,13)/b5-4+. The molecule has 0 rings (SSSR count). The van der Waals surface area contributed by atoms with Gasteiger partial charge in [-0.1, -0.05) is 20.8 Å². The summed E-state index contributed by atoms with van der Waals surface area (Å²) in [6.07, 6.45) is -2.25. The van der Waals surface area contributed by atoms with Gasteiger partial charge in [0.15, 0.2) is 12.0 Å². The van der Waals surface area contributed by atoms with E-state index in [1.807, 2.05) is 0 Å². The minimum absolute atomic E-state index is 1.16. The Hall–Kier alpha value is -1.00. The molecule has 0 saturated heterocycles. The van der Waals surface area contributed by atoms with Crippen LogP contribution >= 0.6 is 0 Å². The Kier molecular flexibility index (Phi) is 3.51. The summed E-state index contributed by atoms with van der Waals surface area (Å²) in [5.41, 5.74) is -1.16. The third kappa shape index (κ3) is 3.08. The zero-order valence-corrected chi connectivity index (χ0v) is 7.57. The summed E-state index contributed by atoms with van der Waals surface area (Å²) in [7, 11) is 0. The van der Waals surface area contributed by atoms with Gasteiger partial charge in [-0.3, -0.25) is 0 Å². The van der Waals surface area contributed by atoms with Crippen molar-refractivity contribution in [3.8, 4) is 0 Å². The average molecular weight is 196 g/mol. The summed E-state index contributed by atoms with van der Waals surface area (Å²) in [5, 5.41) is 8.03. The molecule has 0 fully saturated rings. The molecule has 0 aliphatic heterocycles. The highest BCUT2D eigenvalue weighted by atomic mass is 19.2. The summed E-state index contributed by atoms with van der Waals surface area (Å²) in [6.45, 7) is 4.02. The maximum atomic E-state index is 13.0. The third-order valence-electron chi connectivity index (χ3n) is 1.38. The largest absolute Gasteiger partial charge is 0.476 e. The third-order valence-corrected chi connectivity index (χ3v) is 1.38. The van der Waals surface area contributed by atoms with E-state index in [0.29, 0.717) is 0 Å². The minimum Gasteiger partial charge on any atom is -0.476 e.